The second kappa shape index (κ2) is 16.6. The first-order chi connectivity index (χ1) is 24.8. The van der Waals surface area contributed by atoms with Crippen LogP contribution in [0.2, 0.25) is 0 Å². The number of Topliss-reactive ketones (excluding diaryl/α,β-unsaturated/α-hetero) is 1. The summed E-state index contributed by atoms with van der Waals surface area (Å²) in [5.74, 6) is -3.17. The summed E-state index contributed by atoms with van der Waals surface area (Å²) in [4.78, 5) is 72.6. The molecule has 0 unspecified atom stereocenters. The molecular formula is C40H48N2O10. The quantitative estimate of drug-likeness (QED) is 0.0961. The molecule has 2 heterocycles. The van der Waals surface area contributed by atoms with Crippen LogP contribution < -0.4 is 0 Å². The maximum Gasteiger partial charge on any atom is 0.340 e. The van der Waals surface area contributed by atoms with Crippen molar-refractivity contribution in [2.24, 2.45) is 10.9 Å². The molecule has 3 aliphatic carbocycles. The van der Waals surface area contributed by atoms with Gasteiger partial charge in [-0.2, -0.15) is 0 Å². The predicted molar refractivity (Wildman–Crippen MR) is 192 cm³/mol. The number of aromatic amines is 1. The average Bonchev–Trinajstić information content (AvgIpc) is 3.64. The molecule has 0 amide bonds. The Balaban J connectivity index is 1.46. The molecule has 12 nitrogen and oxygen atoms in total. The van der Waals surface area contributed by atoms with E-state index < -0.39 is 29.7 Å². The van der Waals surface area contributed by atoms with Gasteiger partial charge in [0.1, 0.15) is 32.2 Å². The summed E-state index contributed by atoms with van der Waals surface area (Å²) in [6.07, 6.45) is 9.44. The molecule has 1 aromatic rings. The Hall–Kier alpha value is -5.00. The monoisotopic (exact) mass is 716 g/mol. The Labute approximate surface area is 303 Å². The lowest BCUT2D eigenvalue weighted by atomic mass is 9.81. The first-order valence-electron chi connectivity index (χ1n) is 18.1. The highest BCUT2D eigenvalue weighted by Gasteiger charge is 2.44. The average molecular weight is 717 g/mol. The highest BCUT2D eigenvalue weighted by Crippen LogP contribution is 2.46. The fraction of sp³-hybridized carbons (Fsp3) is 0.500. The molecule has 52 heavy (non-hydrogen) atoms. The lowest BCUT2D eigenvalue weighted by molar-refractivity contribution is -0.147. The van der Waals surface area contributed by atoms with Gasteiger partial charge in [-0.05, 0) is 70.4 Å². The normalized spacial score (nSPS) is 19.6. The molecule has 1 aliphatic heterocycles. The lowest BCUT2D eigenvalue weighted by Gasteiger charge is -2.23. The molecule has 4 aliphatic rings. The van der Waals surface area contributed by atoms with E-state index in [1.165, 1.54) is 13.8 Å². The largest absolute Gasteiger partial charge is 0.506 e. The number of aliphatic hydroxyl groups is 1. The number of rotatable bonds is 13. The van der Waals surface area contributed by atoms with Gasteiger partial charge < -0.3 is 29.0 Å². The minimum absolute atomic E-state index is 0.00401. The number of aliphatic hydroxyl groups excluding tert-OH is 1. The van der Waals surface area contributed by atoms with Crippen LogP contribution in [-0.2, 0) is 38.1 Å². The number of nitrogens with zero attached hydrogens (tertiary/aromatic N) is 1. The summed E-state index contributed by atoms with van der Waals surface area (Å²) in [5.41, 5.74) is 3.66. The zero-order valence-corrected chi connectivity index (χ0v) is 30.5. The standard InChI is InChI=1S/C40H48N2O10/c1-21(2)37(45)49-17-19-51-39(47)27-23(5)31(41-33(27)25-13-9-7-10-14-25)29-35(43)30(36(29)44)32-24(6)28(34(42-32)26-15-11-8-12-16-26)40(48)52-20-18-50-38(46)22(3)4/h25-26,41,43H,1,3,7-20H2,2,4-6H3/b32-30-. The third kappa shape index (κ3) is 7.90. The van der Waals surface area contributed by atoms with E-state index >= 15 is 0 Å². The topological polar surface area (TPSA) is 171 Å². The summed E-state index contributed by atoms with van der Waals surface area (Å²) in [6, 6.07) is 0. The van der Waals surface area contributed by atoms with Crippen molar-refractivity contribution in [3.63, 3.8) is 0 Å². The van der Waals surface area contributed by atoms with E-state index in [1.807, 2.05) is 0 Å². The minimum Gasteiger partial charge on any atom is -0.506 e. The Morgan fingerprint density at radius 3 is 1.77 bits per heavy atom. The van der Waals surface area contributed by atoms with Gasteiger partial charge in [0.25, 0.3) is 0 Å². The Morgan fingerprint density at radius 2 is 1.25 bits per heavy atom. The third-order valence-corrected chi connectivity index (χ3v) is 10.1. The summed E-state index contributed by atoms with van der Waals surface area (Å²) in [6.45, 7) is 12.9. The van der Waals surface area contributed by atoms with Crippen LogP contribution in [0.1, 0.15) is 118 Å². The van der Waals surface area contributed by atoms with Gasteiger partial charge in [0.05, 0.1) is 39.4 Å². The number of nitrogens with one attached hydrogen (secondary N) is 1. The van der Waals surface area contributed by atoms with E-state index in [0.717, 1.165) is 64.2 Å². The number of aromatic nitrogens is 1. The van der Waals surface area contributed by atoms with Gasteiger partial charge >= 0.3 is 23.9 Å². The van der Waals surface area contributed by atoms with Gasteiger partial charge in [-0.3, -0.25) is 9.79 Å². The highest BCUT2D eigenvalue weighted by atomic mass is 16.6. The molecule has 5 rings (SSSR count). The first-order valence-corrected chi connectivity index (χ1v) is 18.1. The van der Waals surface area contributed by atoms with Gasteiger partial charge in [0, 0.05) is 22.8 Å². The van der Waals surface area contributed by atoms with Gasteiger partial charge in [-0.15, -0.1) is 0 Å². The molecule has 0 spiro atoms. The first kappa shape index (κ1) is 38.2. The Morgan fingerprint density at radius 1 is 0.750 bits per heavy atom. The molecule has 0 saturated heterocycles. The fourth-order valence-corrected chi connectivity index (χ4v) is 7.35. The van der Waals surface area contributed by atoms with Crippen molar-refractivity contribution in [2.75, 3.05) is 26.4 Å². The molecule has 0 aromatic carbocycles. The van der Waals surface area contributed by atoms with E-state index in [9.17, 15) is 29.1 Å². The number of carbonyl (C=O) groups is 5. The molecular weight excluding hydrogens is 668 g/mol. The molecule has 1 aromatic heterocycles. The van der Waals surface area contributed by atoms with Gasteiger partial charge in [0.15, 0.2) is 0 Å². The second-order valence-electron chi connectivity index (χ2n) is 14.0. The van der Waals surface area contributed by atoms with Crippen molar-refractivity contribution >= 4 is 40.9 Å². The number of H-pyrrole nitrogens is 1. The van der Waals surface area contributed by atoms with E-state index in [2.05, 4.69) is 18.1 Å². The summed E-state index contributed by atoms with van der Waals surface area (Å²) in [7, 11) is 0. The molecule has 2 fully saturated rings. The highest BCUT2D eigenvalue weighted by molar-refractivity contribution is 6.40. The number of allylic oxidation sites excluding steroid dienone is 3. The maximum atomic E-state index is 14.0. The van der Waals surface area contributed by atoms with E-state index in [4.69, 9.17) is 23.9 Å². The summed E-state index contributed by atoms with van der Waals surface area (Å²) < 4.78 is 21.1. The van der Waals surface area contributed by atoms with Crippen LogP contribution in [-0.4, -0.2) is 71.9 Å². The summed E-state index contributed by atoms with van der Waals surface area (Å²) in [5, 5.41) is 11.6. The number of esters is 4. The van der Waals surface area contributed by atoms with Crippen molar-refractivity contribution in [3.8, 4) is 0 Å². The van der Waals surface area contributed by atoms with E-state index in [-0.39, 0.29) is 77.6 Å². The number of carbonyl (C=O) groups excluding carboxylic acids is 5. The van der Waals surface area contributed by atoms with Crippen LogP contribution in [0.5, 0.6) is 0 Å². The van der Waals surface area contributed by atoms with Crippen molar-refractivity contribution in [3.05, 3.63) is 75.0 Å². The van der Waals surface area contributed by atoms with Crippen molar-refractivity contribution in [1.82, 2.24) is 4.98 Å². The third-order valence-electron chi connectivity index (χ3n) is 10.1. The van der Waals surface area contributed by atoms with Crippen LogP contribution in [0.15, 0.2) is 57.5 Å². The number of aliphatic imine (C=N–C) groups is 1. The Bertz CT molecular complexity index is 1820. The van der Waals surface area contributed by atoms with Crippen molar-refractivity contribution in [1.29, 1.82) is 0 Å². The van der Waals surface area contributed by atoms with E-state index in [0.29, 0.717) is 33.8 Å². The van der Waals surface area contributed by atoms with Crippen LogP contribution in [0.25, 0.3) is 5.57 Å². The second-order valence-corrected chi connectivity index (χ2v) is 14.0. The minimum atomic E-state index is -0.644. The van der Waals surface area contributed by atoms with Crippen LogP contribution >= 0.6 is 0 Å². The molecule has 0 radical (unpaired) electrons. The van der Waals surface area contributed by atoms with Crippen LogP contribution in [0.4, 0.5) is 0 Å². The molecule has 2 saturated carbocycles. The van der Waals surface area contributed by atoms with Crippen LogP contribution in [0.3, 0.4) is 0 Å². The zero-order chi connectivity index (χ0) is 37.7. The molecule has 0 bridgehead atoms. The van der Waals surface area contributed by atoms with Crippen molar-refractivity contribution < 1.29 is 48.0 Å². The number of hydrogen-bond donors (Lipinski definition) is 2. The smallest absolute Gasteiger partial charge is 0.340 e. The SMILES string of the molecule is C=C(C)C(=O)OCCOC(=O)C1=C(C)/C(=C2/C(=O)C(c3[nH]c(C4CCCCC4)c(C(=O)OCCOC(=O)C(=C)C)c3C)=C2O)N=C1C1CCCCC1. The Kier molecular flexibility index (Phi) is 12.2. The molecule has 0 atom stereocenters. The maximum absolute atomic E-state index is 14.0. The van der Waals surface area contributed by atoms with Gasteiger partial charge in [-0.25, -0.2) is 19.2 Å². The van der Waals surface area contributed by atoms with Crippen molar-refractivity contribution in [2.45, 2.75) is 97.8 Å². The zero-order valence-electron chi connectivity index (χ0n) is 30.5. The molecule has 278 valence electrons. The molecule has 2 N–H and O–H groups in total. The molecule has 12 heteroatoms. The van der Waals surface area contributed by atoms with Crippen LogP contribution in [0, 0.1) is 12.8 Å². The summed E-state index contributed by atoms with van der Waals surface area (Å²) >= 11 is 0. The lowest BCUT2D eigenvalue weighted by Crippen LogP contribution is -2.25. The van der Waals surface area contributed by atoms with E-state index in [1.54, 1.807) is 13.8 Å². The van der Waals surface area contributed by atoms with Gasteiger partial charge in [0.2, 0.25) is 5.78 Å². The number of hydrogen-bond acceptors (Lipinski definition) is 11. The predicted octanol–water partition coefficient (Wildman–Crippen LogP) is 6.77. The number of ketones is 1. The number of ether oxygens (including phenoxy) is 4. The van der Waals surface area contributed by atoms with Gasteiger partial charge in [-0.1, -0.05) is 51.7 Å². The fourth-order valence-electron chi connectivity index (χ4n) is 7.35.